The summed E-state index contributed by atoms with van der Waals surface area (Å²) in [5.74, 6) is -4.76. The van der Waals surface area contributed by atoms with Gasteiger partial charge < -0.3 is 0 Å². The Labute approximate surface area is 237 Å². The van der Waals surface area contributed by atoms with Crippen LogP contribution in [0.5, 0.6) is 0 Å². The molecular formula is C34H33F6N. The van der Waals surface area contributed by atoms with Gasteiger partial charge in [0.2, 0.25) is 0 Å². The summed E-state index contributed by atoms with van der Waals surface area (Å²) >= 11 is 0. The highest BCUT2D eigenvalue weighted by atomic mass is 19.2. The number of benzene rings is 3. The van der Waals surface area contributed by atoms with E-state index in [0.717, 1.165) is 6.42 Å². The zero-order valence-corrected chi connectivity index (χ0v) is 23.1. The molecule has 0 N–H and O–H groups in total. The molecule has 1 saturated carbocycles. The van der Waals surface area contributed by atoms with Crippen molar-refractivity contribution in [2.45, 2.75) is 89.4 Å². The molecule has 216 valence electrons. The molecule has 0 saturated heterocycles. The predicted molar refractivity (Wildman–Crippen MR) is 146 cm³/mol. The average molecular weight is 570 g/mol. The van der Waals surface area contributed by atoms with E-state index < -0.39 is 40.5 Å². The Bertz CT molecular complexity index is 1460. The average Bonchev–Trinajstić information content (AvgIpc) is 2.95. The van der Waals surface area contributed by atoms with E-state index in [1.165, 1.54) is 24.3 Å². The molecule has 1 unspecified atom stereocenters. The van der Waals surface area contributed by atoms with Crippen molar-refractivity contribution in [3.8, 4) is 6.07 Å². The minimum absolute atomic E-state index is 0.0996. The van der Waals surface area contributed by atoms with E-state index in [0.29, 0.717) is 92.0 Å². The van der Waals surface area contributed by atoms with Crippen molar-refractivity contribution in [2.75, 3.05) is 0 Å². The second-order valence-electron chi connectivity index (χ2n) is 11.7. The van der Waals surface area contributed by atoms with Crippen LogP contribution < -0.4 is 0 Å². The van der Waals surface area contributed by atoms with Crippen molar-refractivity contribution < 1.29 is 26.3 Å². The summed E-state index contributed by atoms with van der Waals surface area (Å²) in [6.45, 7) is 1.91. The molecule has 2 aliphatic carbocycles. The molecule has 0 bridgehead atoms. The standard InChI is InChI=1S/C34H33F6N/c1-2-3-22-11-12-23(33(39)32(22)38)6-4-19-5-13-26-25(14-19)17-30(37)31(34(26)40)21-9-7-20(8-10-21)24-15-28(35)27(18-41)29(36)16-24/h11-12,15-17,19-21H,2-10,13-14H2,1H3. The highest BCUT2D eigenvalue weighted by Gasteiger charge is 2.32. The van der Waals surface area contributed by atoms with Crippen molar-refractivity contribution in [2.24, 2.45) is 5.92 Å². The maximum atomic E-state index is 15.7. The van der Waals surface area contributed by atoms with Crippen LogP contribution in [0.3, 0.4) is 0 Å². The predicted octanol–water partition coefficient (Wildman–Crippen LogP) is 9.52. The van der Waals surface area contributed by atoms with E-state index in [4.69, 9.17) is 5.26 Å². The van der Waals surface area contributed by atoms with Gasteiger partial charge in [0.25, 0.3) is 0 Å². The summed E-state index contributed by atoms with van der Waals surface area (Å²) in [5.41, 5.74) is 1.86. The molecule has 0 spiro atoms. The molecule has 7 heteroatoms. The van der Waals surface area contributed by atoms with Gasteiger partial charge in [-0.25, -0.2) is 26.3 Å². The Morgan fingerprint density at radius 3 is 1.98 bits per heavy atom. The van der Waals surface area contributed by atoms with Crippen LogP contribution in [0, 0.1) is 52.2 Å². The van der Waals surface area contributed by atoms with Gasteiger partial charge >= 0.3 is 0 Å². The number of rotatable bonds is 7. The monoisotopic (exact) mass is 569 g/mol. The quantitative estimate of drug-likeness (QED) is 0.260. The fraction of sp³-hybridized carbons (Fsp3) is 0.441. The summed E-state index contributed by atoms with van der Waals surface area (Å²) < 4.78 is 88.2. The van der Waals surface area contributed by atoms with Gasteiger partial charge in [-0.15, -0.1) is 0 Å². The van der Waals surface area contributed by atoms with Crippen LogP contribution in [-0.4, -0.2) is 0 Å². The lowest BCUT2D eigenvalue weighted by atomic mass is 9.74. The normalized spacial score (nSPS) is 20.5. The van der Waals surface area contributed by atoms with E-state index in [1.54, 1.807) is 12.1 Å². The minimum Gasteiger partial charge on any atom is -0.207 e. The lowest BCUT2D eigenvalue weighted by Gasteiger charge is -2.32. The van der Waals surface area contributed by atoms with Gasteiger partial charge in [0.1, 0.15) is 34.9 Å². The number of nitriles is 1. The van der Waals surface area contributed by atoms with E-state index in [9.17, 15) is 17.6 Å². The van der Waals surface area contributed by atoms with Gasteiger partial charge in [0.15, 0.2) is 11.6 Å². The Kier molecular flexibility index (Phi) is 8.77. The molecule has 2 aliphatic rings. The van der Waals surface area contributed by atoms with Crippen molar-refractivity contribution in [1.29, 1.82) is 5.26 Å². The zero-order valence-electron chi connectivity index (χ0n) is 23.1. The number of nitrogens with zero attached hydrogens (tertiary/aromatic N) is 1. The van der Waals surface area contributed by atoms with E-state index in [2.05, 4.69) is 0 Å². The Balaban J connectivity index is 1.24. The first-order chi connectivity index (χ1) is 19.7. The molecule has 5 rings (SSSR count). The lowest BCUT2D eigenvalue weighted by molar-refractivity contribution is 0.368. The van der Waals surface area contributed by atoms with Gasteiger partial charge in [-0.05, 0) is 128 Å². The molecule has 0 amide bonds. The molecule has 1 atom stereocenters. The van der Waals surface area contributed by atoms with Crippen molar-refractivity contribution in [3.05, 3.63) is 104 Å². The smallest absolute Gasteiger partial charge is 0.162 e. The number of halogens is 6. The number of aryl methyl sites for hydroxylation is 2. The SMILES string of the molecule is CCCc1ccc(CCC2CCc3c(cc(F)c(C4CCC(c5cc(F)c(C#N)c(F)c5)CC4)c3F)C2)c(F)c1F. The van der Waals surface area contributed by atoms with Crippen LogP contribution in [0.1, 0.15) is 103 Å². The van der Waals surface area contributed by atoms with Gasteiger partial charge in [-0.1, -0.05) is 25.5 Å². The van der Waals surface area contributed by atoms with Crippen LogP contribution in [0.4, 0.5) is 26.3 Å². The topological polar surface area (TPSA) is 23.8 Å². The highest BCUT2D eigenvalue weighted by molar-refractivity contribution is 5.40. The van der Waals surface area contributed by atoms with Gasteiger partial charge in [-0.3, -0.25) is 0 Å². The minimum atomic E-state index is -0.892. The van der Waals surface area contributed by atoms with Crippen molar-refractivity contribution >= 4 is 0 Å². The number of fused-ring (bicyclic) bond motifs is 1. The first-order valence-electron chi connectivity index (χ1n) is 14.6. The van der Waals surface area contributed by atoms with Crippen LogP contribution >= 0.6 is 0 Å². The molecule has 41 heavy (non-hydrogen) atoms. The van der Waals surface area contributed by atoms with E-state index in [-0.39, 0.29) is 23.3 Å². The van der Waals surface area contributed by atoms with Crippen LogP contribution in [0.15, 0.2) is 30.3 Å². The molecule has 3 aromatic carbocycles. The van der Waals surface area contributed by atoms with Crippen LogP contribution in [0.2, 0.25) is 0 Å². The summed E-state index contributed by atoms with van der Waals surface area (Å²) in [5, 5.41) is 8.90. The Morgan fingerprint density at radius 2 is 1.37 bits per heavy atom. The molecule has 0 aromatic heterocycles. The van der Waals surface area contributed by atoms with Crippen molar-refractivity contribution in [3.63, 3.8) is 0 Å². The van der Waals surface area contributed by atoms with Crippen molar-refractivity contribution in [1.82, 2.24) is 0 Å². The zero-order chi connectivity index (χ0) is 29.3. The lowest BCUT2D eigenvalue weighted by Crippen LogP contribution is -2.21. The first-order valence-corrected chi connectivity index (χ1v) is 14.6. The molecule has 0 heterocycles. The summed E-state index contributed by atoms with van der Waals surface area (Å²) in [4.78, 5) is 0. The van der Waals surface area contributed by atoms with Gasteiger partial charge in [-0.2, -0.15) is 5.26 Å². The van der Waals surface area contributed by atoms with Crippen LogP contribution in [0.25, 0.3) is 0 Å². The molecular weight excluding hydrogens is 536 g/mol. The van der Waals surface area contributed by atoms with Gasteiger partial charge in [0, 0.05) is 5.56 Å². The molecule has 1 nitrogen and oxygen atoms in total. The van der Waals surface area contributed by atoms with Gasteiger partial charge in [0.05, 0.1) is 0 Å². The second-order valence-corrected chi connectivity index (χ2v) is 11.7. The van der Waals surface area contributed by atoms with E-state index >= 15 is 8.78 Å². The highest BCUT2D eigenvalue weighted by Crippen LogP contribution is 2.44. The molecule has 3 aromatic rings. The Hall–Kier alpha value is -3.27. The third-order valence-corrected chi connectivity index (χ3v) is 9.13. The third-order valence-electron chi connectivity index (χ3n) is 9.13. The maximum absolute atomic E-state index is 15.7. The summed E-state index contributed by atoms with van der Waals surface area (Å²) in [6, 6.07) is 8.64. The second kappa shape index (κ2) is 12.3. The number of hydrogen-bond donors (Lipinski definition) is 0. The van der Waals surface area contributed by atoms with Crippen LogP contribution in [-0.2, 0) is 25.7 Å². The summed E-state index contributed by atoms with van der Waals surface area (Å²) in [6.07, 6.45) is 5.88. The molecule has 0 aliphatic heterocycles. The first kappa shape index (κ1) is 29.2. The molecule has 1 fully saturated rings. The maximum Gasteiger partial charge on any atom is 0.162 e. The Morgan fingerprint density at radius 1 is 0.756 bits per heavy atom. The fourth-order valence-corrected chi connectivity index (χ4v) is 6.86. The number of hydrogen-bond acceptors (Lipinski definition) is 1. The van der Waals surface area contributed by atoms with E-state index in [1.807, 2.05) is 6.92 Å². The summed E-state index contributed by atoms with van der Waals surface area (Å²) in [7, 11) is 0. The largest absolute Gasteiger partial charge is 0.207 e. The molecule has 0 radical (unpaired) electrons. The third kappa shape index (κ3) is 5.89. The fourth-order valence-electron chi connectivity index (χ4n) is 6.86.